The van der Waals surface area contributed by atoms with Crippen LogP contribution >= 0.6 is 0 Å². The number of ether oxygens (including phenoxy) is 1. The van der Waals surface area contributed by atoms with E-state index in [-0.39, 0.29) is 12.1 Å². The highest BCUT2D eigenvalue weighted by Crippen LogP contribution is 2.25. The van der Waals surface area contributed by atoms with Crippen molar-refractivity contribution in [2.45, 2.75) is 33.6 Å². The number of nitrogens with one attached hydrogen (secondary N) is 1. The lowest BCUT2D eigenvalue weighted by molar-refractivity contribution is -0.274. The van der Waals surface area contributed by atoms with Crippen LogP contribution in [-0.4, -0.2) is 23.3 Å². The average Bonchev–Trinajstić information content (AvgIpc) is 2.58. The van der Waals surface area contributed by atoms with Gasteiger partial charge in [0, 0.05) is 11.6 Å². The van der Waals surface area contributed by atoms with Gasteiger partial charge in [-0.15, -0.1) is 13.2 Å². The third kappa shape index (κ3) is 6.81. The molecule has 0 unspecified atom stereocenters. The van der Waals surface area contributed by atoms with E-state index in [4.69, 9.17) is 0 Å². The zero-order valence-corrected chi connectivity index (χ0v) is 16.2. The van der Waals surface area contributed by atoms with Gasteiger partial charge in [-0.2, -0.15) is 0 Å². The van der Waals surface area contributed by atoms with Crippen molar-refractivity contribution >= 4 is 17.6 Å². The zero-order chi connectivity index (χ0) is 21.8. The number of carbonyl (C=O) groups is 2. The number of amides is 1. The normalized spacial score (nSPS) is 13.4. The van der Waals surface area contributed by atoms with Gasteiger partial charge < -0.3 is 15.2 Å². The van der Waals surface area contributed by atoms with Crippen molar-refractivity contribution in [2.24, 2.45) is 11.8 Å². The van der Waals surface area contributed by atoms with E-state index < -0.39 is 35.8 Å². The van der Waals surface area contributed by atoms with Crippen LogP contribution < -0.4 is 10.1 Å². The maximum absolute atomic E-state index is 12.5. The van der Waals surface area contributed by atoms with Crippen molar-refractivity contribution in [3.63, 3.8) is 0 Å². The molecule has 8 heteroatoms. The number of carboxylic acid groups (broad SMARTS) is 1. The quantitative estimate of drug-likeness (QED) is 0.694. The molecule has 2 aromatic rings. The lowest BCUT2D eigenvalue weighted by atomic mass is 9.86. The van der Waals surface area contributed by atoms with E-state index in [1.54, 1.807) is 0 Å². The van der Waals surface area contributed by atoms with Gasteiger partial charge in [0.1, 0.15) is 5.75 Å². The number of rotatable bonds is 7. The Labute approximate surface area is 166 Å². The Bertz CT molecular complexity index is 858. The maximum atomic E-state index is 12.5. The fourth-order valence-electron chi connectivity index (χ4n) is 3.10. The summed E-state index contributed by atoms with van der Waals surface area (Å²) in [5, 5.41) is 12.1. The first-order chi connectivity index (χ1) is 13.4. The second-order valence-corrected chi connectivity index (χ2v) is 6.99. The molecule has 0 radical (unpaired) electrons. The van der Waals surface area contributed by atoms with Gasteiger partial charge in [-0.3, -0.25) is 9.59 Å². The number of alkyl halides is 3. The van der Waals surface area contributed by atoms with Crippen molar-refractivity contribution in [1.29, 1.82) is 0 Å². The SMILES string of the molecule is Cc1cc(C)cc(C[C@H](C(=O)O)[C@@H](C)C(=O)Nc2ccc(OC(F)(F)F)cc2)c1. The van der Waals surface area contributed by atoms with Crippen LogP contribution in [0, 0.1) is 25.7 Å². The Kier molecular flexibility index (Phi) is 6.89. The van der Waals surface area contributed by atoms with Crippen molar-refractivity contribution in [3.8, 4) is 5.75 Å². The van der Waals surface area contributed by atoms with Gasteiger partial charge in [0.2, 0.25) is 5.91 Å². The van der Waals surface area contributed by atoms with E-state index >= 15 is 0 Å². The molecule has 0 saturated heterocycles. The van der Waals surface area contributed by atoms with Crippen LogP contribution in [0.2, 0.25) is 0 Å². The third-order valence-electron chi connectivity index (χ3n) is 4.43. The predicted molar refractivity (Wildman–Crippen MR) is 102 cm³/mol. The molecule has 2 N–H and O–H groups in total. The van der Waals surface area contributed by atoms with Crippen LogP contribution in [0.1, 0.15) is 23.6 Å². The lowest BCUT2D eigenvalue weighted by Crippen LogP contribution is -2.33. The summed E-state index contributed by atoms with van der Waals surface area (Å²) >= 11 is 0. The average molecular weight is 409 g/mol. The van der Waals surface area contributed by atoms with Crippen LogP contribution in [0.3, 0.4) is 0 Å². The highest BCUT2D eigenvalue weighted by atomic mass is 19.4. The highest BCUT2D eigenvalue weighted by molar-refractivity contribution is 5.95. The molecule has 0 aliphatic carbocycles. The molecule has 0 saturated carbocycles. The minimum Gasteiger partial charge on any atom is -0.481 e. The Balaban J connectivity index is 2.08. The van der Waals surface area contributed by atoms with Crippen LogP contribution in [0.5, 0.6) is 5.75 Å². The van der Waals surface area contributed by atoms with Gasteiger partial charge in [-0.05, 0) is 50.1 Å². The molecule has 156 valence electrons. The lowest BCUT2D eigenvalue weighted by Gasteiger charge is -2.20. The van der Waals surface area contributed by atoms with E-state index in [9.17, 15) is 27.9 Å². The molecule has 2 aromatic carbocycles. The molecule has 2 atom stereocenters. The van der Waals surface area contributed by atoms with Gasteiger partial charge in [0.25, 0.3) is 0 Å². The van der Waals surface area contributed by atoms with Crippen molar-refractivity contribution in [3.05, 3.63) is 59.2 Å². The number of carboxylic acids is 1. The molecule has 0 aromatic heterocycles. The van der Waals surface area contributed by atoms with Crippen molar-refractivity contribution < 1.29 is 32.6 Å². The Morgan fingerprint density at radius 3 is 2.10 bits per heavy atom. The molecule has 0 spiro atoms. The number of carbonyl (C=O) groups excluding carboxylic acids is 1. The van der Waals surface area contributed by atoms with Crippen LogP contribution in [0.25, 0.3) is 0 Å². The van der Waals surface area contributed by atoms with Gasteiger partial charge in [-0.1, -0.05) is 36.2 Å². The molecule has 2 rings (SSSR count). The first-order valence-electron chi connectivity index (χ1n) is 8.91. The van der Waals surface area contributed by atoms with E-state index in [1.165, 1.54) is 19.1 Å². The van der Waals surface area contributed by atoms with Gasteiger partial charge >= 0.3 is 12.3 Å². The minimum absolute atomic E-state index is 0.185. The molecule has 0 aliphatic heterocycles. The highest BCUT2D eigenvalue weighted by Gasteiger charge is 2.32. The first kappa shape index (κ1) is 22.3. The molecule has 0 heterocycles. The first-order valence-corrected chi connectivity index (χ1v) is 8.91. The Morgan fingerprint density at radius 1 is 1.07 bits per heavy atom. The third-order valence-corrected chi connectivity index (χ3v) is 4.43. The summed E-state index contributed by atoms with van der Waals surface area (Å²) in [6.45, 7) is 5.33. The number of aryl methyl sites for hydroxylation is 2. The number of benzene rings is 2. The number of aliphatic carboxylic acids is 1. The molecule has 5 nitrogen and oxygen atoms in total. The van der Waals surface area contributed by atoms with Crippen molar-refractivity contribution in [2.75, 3.05) is 5.32 Å². The van der Waals surface area contributed by atoms with Gasteiger partial charge in [0.05, 0.1) is 5.92 Å². The summed E-state index contributed by atoms with van der Waals surface area (Å²) in [6, 6.07) is 10.4. The summed E-state index contributed by atoms with van der Waals surface area (Å²) in [5.74, 6) is -3.86. The second-order valence-electron chi connectivity index (χ2n) is 6.99. The molecule has 0 bridgehead atoms. The molecular weight excluding hydrogens is 387 g/mol. The number of anilines is 1. The summed E-state index contributed by atoms with van der Waals surface area (Å²) in [4.78, 5) is 24.3. The summed E-state index contributed by atoms with van der Waals surface area (Å²) in [5.41, 5.74) is 3.07. The van der Waals surface area contributed by atoms with Gasteiger partial charge in [-0.25, -0.2) is 0 Å². The van der Waals surface area contributed by atoms with Crippen LogP contribution in [0.15, 0.2) is 42.5 Å². The van der Waals surface area contributed by atoms with E-state index in [0.717, 1.165) is 28.8 Å². The standard InChI is InChI=1S/C21H22F3NO4/c1-12-8-13(2)10-15(9-12)11-18(20(27)28)14(3)19(26)25-16-4-6-17(7-5-16)29-21(22,23)24/h4-10,14,18H,11H2,1-3H3,(H,25,26)(H,27,28)/t14-,18+/m1/s1. The van der Waals surface area contributed by atoms with E-state index in [2.05, 4.69) is 10.1 Å². The molecule has 1 amide bonds. The fraction of sp³-hybridized carbons (Fsp3) is 0.333. The largest absolute Gasteiger partial charge is 0.573 e. The Morgan fingerprint density at radius 2 is 1.62 bits per heavy atom. The number of hydrogen-bond donors (Lipinski definition) is 2. The summed E-state index contributed by atoms with van der Waals surface area (Å²) in [7, 11) is 0. The Hall–Kier alpha value is -3.03. The van der Waals surface area contributed by atoms with Crippen LogP contribution in [-0.2, 0) is 16.0 Å². The predicted octanol–water partition coefficient (Wildman–Crippen LogP) is 4.72. The summed E-state index contributed by atoms with van der Waals surface area (Å²) in [6.07, 6.45) is -4.62. The van der Waals surface area contributed by atoms with E-state index in [1.807, 2.05) is 32.0 Å². The second kappa shape index (κ2) is 8.98. The zero-order valence-electron chi connectivity index (χ0n) is 16.2. The molecular formula is C21H22F3NO4. The molecule has 29 heavy (non-hydrogen) atoms. The summed E-state index contributed by atoms with van der Waals surface area (Å²) < 4.78 is 40.4. The molecule has 0 fully saturated rings. The number of hydrogen-bond acceptors (Lipinski definition) is 3. The monoisotopic (exact) mass is 409 g/mol. The van der Waals surface area contributed by atoms with E-state index in [0.29, 0.717) is 0 Å². The van der Waals surface area contributed by atoms with Crippen molar-refractivity contribution in [1.82, 2.24) is 0 Å². The molecule has 0 aliphatic rings. The minimum atomic E-state index is -4.80. The topological polar surface area (TPSA) is 75.6 Å². The number of halogens is 3. The fourth-order valence-corrected chi connectivity index (χ4v) is 3.10. The maximum Gasteiger partial charge on any atom is 0.573 e. The van der Waals surface area contributed by atoms with Gasteiger partial charge in [0.15, 0.2) is 0 Å². The van der Waals surface area contributed by atoms with Crippen LogP contribution in [0.4, 0.5) is 18.9 Å². The smallest absolute Gasteiger partial charge is 0.481 e.